The van der Waals surface area contributed by atoms with Gasteiger partial charge in [-0.05, 0) is 50.1 Å². The molecule has 0 saturated carbocycles. The van der Waals surface area contributed by atoms with Crippen molar-refractivity contribution >= 4 is 21.7 Å². The van der Waals surface area contributed by atoms with Crippen molar-refractivity contribution in [3.05, 3.63) is 59.8 Å². The van der Waals surface area contributed by atoms with Crippen LogP contribution in [-0.4, -0.2) is 54.5 Å². The average Bonchev–Trinajstić information content (AvgIpc) is 3.47. The Labute approximate surface area is 187 Å². The summed E-state index contributed by atoms with van der Waals surface area (Å²) in [5.74, 6) is 1.72. The standard InChI is InChI=1S/C22H27N5O4S/c1-15(2)23-21(28)20-24-25-22(26-11-10-17(14-26)19-5-4-12-31-19)27(20)13-16-6-8-18(9-7-16)32(3,29)30/h4-9,12,15,17H,10-11,13-14H2,1-3H3,(H,23,28). The van der Waals surface area contributed by atoms with Crippen molar-refractivity contribution in [2.45, 2.75) is 43.7 Å². The zero-order valence-electron chi connectivity index (χ0n) is 18.4. The van der Waals surface area contributed by atoms with Crippen molar-refractivity contribution in [2.24, 2.45) is 0 Å². The predicted molar refractivity (Wildman–Crippen MR) is 120 cm³/mol. The number of sulfone groups is 1. The van der Waals surface area contributed by atoms with Gasteiger partial charge in [0.1, 0.15) is 5.76 Å². The molecule has 1 fully saturated rings. The third kappa shape index (κ3) is 4.69. The van der Waals surface area contributed by atoms with E-state index in [2.05, 4.69) is 20.4 Å². The molecule has 4 rings (SSSR count). The highest BCUT2D eigenvalue weighted by atomic mass is 32.2. The number of carbonyl (C=O) groups is 1. The molecule has 2 aromatic heterocycles. The summed E-state index contributed by atoms with van der Waals surface area (Å²) in [5.41, 5.74) is 0.846. The lowest BCUT2D eigenvalue weighted by molar-refractivity contribution is 0.0928. The van der Waals surface area contributed by atoms with Crippen molar-refractivity contribution in [3.63, 3.8) is 0 Å². The van der Waals surface area contributed by atoms with Gasteiger partial charge < -0.3 is 14.6 Å². The Morgan fingerprint density at radius 2 is 1.97 bits per heavy atom. The van der Waals surface area contributed by atoms with Gasteiger partial charge in [-0.2, -0.15) is 0 Å². The van der Waals surface area contributed by atoms with Crippen LogP contribution in [0.25, 0.3) is 0 Å². The Morgan fingerprint density at radius 3 is 2.59 bits per heavy atom. The van der Waals surface area contributed by atoms with Crippen LogP contribution < -0.4 is 10.2 Å². The van der Waals surface area contributed by atoms with Gasteiger partial charge in [-0.15, -0.1) is 10.2 Å². The molecule has 0 radical (unpaired) electrons. The van der Waals surface area contributed by atoms with Crippen molar-refractivity contribution in [3.8, 4) is 0 Å². The molecular weight excluding hydrogens is 430 g/mol. The molecule has 1 unspecified atom stereocenters. The van der Waals surface area contributed by atoms with Crippen LogP contribution in [0.1, 0.15) is 48.1 Å². The third-order valence-electron chi connectivity index (χ3n) is 5.46. The molecule has 1 N–H and O–H groups in total. The Morgan fingerprint density at radius 1 is 1.22 bits per heavy atom. The molecule has 1 aliphatic heterocycles. The second kappa shape index (κ2) is 8.78. The maximum absolute atomic E-state index is 12.8. The smallest absolute Gasteiger partial charge is 0.289 e. The number of furan rings is 1. The van der Waals surface area contributed by atoms with E-state index >= 15 is 0 Å². The average molecular weight is 458 g/mol. The highest BCUT2D eigenvalue weighted by molar-refractivity contribution is 7.90. The lowest BCUT2D eigenvalue weighted by Gasteiger charge is -2.19. The van der Waals surface area contributed by atoms with E-state index in [0.29, 0.717) is 19.0 Å². The summed E-state index contributed by atoms with van der Waals surface area (Å²) in [4.78, 5) is 15.1. The van der Waals surface area contributed by atoms with Crippen LogP contribution in [0, 0.1) is 0 Å². The SMILES string of the molecule is CC(C)NC(=O)c1nnc(N2CCC(c3ccco3)C2)n1Cc1ccc(S(C)(=O)=O)cc1. The summed E-state index contributed by atoms with van der Waals surface area (Å²) in [7, 11) is -3.28. The first-order chi connectivity index (χ1) is 15.2. The highest BCUT2D eigenvalue weighted by Crippen LogP contribution is 2.31. The fraction of sp³-hybridized carbons (Fsp3) is 0.409. The van der Waals surface area contributed by atoms with E-state index in [1.54, 1.807) is 35.1 Å². The number of hydrogen-bond donors (Lipinski definition) is 1. The Balaban J connectivity index is 1.64. The summed E-state index contributed by atoms with van der Waals surface area (Å²) in [6.45, 7) is 5.59. The molecule has 1 atom stereocenters. The van der Waals surface area contributed by atoms with E-state index in [4.69, 9.17) is 4.42 Å². The first-order valence-corrected chi connectivity index (χ1v) is 12.4. The molecule has 3 heterocycles. The number of nitrogens with one attached hydrogen (secondary N) is 1. The Hall–Kier alpha value is -3.14. The molecule has 10 heteroatoms. The Kier molecular flexibility index (Phi) is 6.05. The van der Waals surface area contributed by atoms with Crippen LogP contribution in [0.3, 0.4) is 0 Å². The Bertz CT molecular complexity index is 1180. The quantitative estimate of drug-likeness (QED) is 0.580. The van der Waals surface area contributed by atoms with E-state index in [0.717, 1.165) is 24.3 Å². The maximum Gasteiger partial charge on any atom is 0.289 e. The second-order valence-electron chi connectivity index (χ2n) is 8.40. The van der Waals surface area contributed by atoms with Gasteiger partial charge in [0.25, 0.3) is 5.91 Å². The molecule has 3 aromatic rings. The minimum absolute atomic E-state index is 0.0414. The largest absolute Gasteiger partial charge is 0.469 e. The first-order valence-electron chi connectivity index (χ1n) is 10.5. The molecule has 1 saturated heterocycles. The number of rotatable bonds is 7. The molecule has 1 amide bonds. The van der Waals surface area contributed by atoms with Crippen molar-refractivity contribution in [2.75, 3.05) is 24.2 Å². The van der Waals surface area contributed by atoms with Crippen LogP contribution >= 0.6 is 0 Å². The van der Waals surface area contributed by atoms with Crippen molar-refractivity contribution in [1.82, 2.24) is 20.1 Å². The fourth-order valence-electron chi connectivity index (χ4n) is 3.89. The van der Waals surface area contributed by atoms with Gasteiger partial charge in [-0.25, -0.2) is 8.42 Å². The van der Waals surface area contributed by atoms with Gasteiger partial charge in [-0.3, -0.25) is 9.36 Å². The highest BCUT2D eigenvalue weighted by Gasteiger charge is 2.31. The number of anilines is 1. The van der Waals surface area contributed by atoms with Gasteiger partial charge >= 0.3 is 0 Å². The van der Waals surface area contributed by atoms with Gasteiger partial charge in [0, 0.05) is 31.3 Å². The normalized spacial score (nSPS) is 16.6. The van der Waals surface area contributed by atoms with Crippen LogP contribution in [0.2, 0.25) is 0 Å². The topological polar surface area (TPSA) is 110 Å². The van der Waals surface area contributed by atoms with Crippen molar-refractivity contribution in [1.29, 1.82) is 0 Å². The van der Waals surface area contributed by atoms with Gasteiger partial charge in [0.2, 0.25) is 11.8 Å². The summed E-state index contributed by atoms with van der Waals surface area (Å²) in [6, 6.07) is 10.5. The molecule has 1 aliphatic rings. The van der Waals surface area contributed by atoms with Crippen molar-refractivity contribution < 1.29 is 17.6 Å². The third-order valence-corrected chi connectivity index (χ3v) is 6.59. The summed E-state index contributed by atoms with van der Waals surface area (Å²) >= 11 is 0. The number of benzene rings is 1. The minimum Gasteiger partial charge on any atom is -0.469 e. The molecule has 32 heavy (non-hydrogen) atoms. The van der Waals surface area contributed by atoms with E-state index in [1.807, 2.05) is 26.0 Å². The monoisotopic (exact) mass is 457 g/mol. The predicted octanol–water partition coefficient (Wildman–Crippen LogP) is 2.46. The number of amides is 1. The van der Waals surface area contributed by atoms with Crippen LogP contribution in [0.4, 0.5) is 5.95 Å². The number of carbonyl (C=O) groups excluding carboxylic acids is 1. The summed E-state index contributed by atoms with van der Waals surface area (Å²) in [6.07, 6.45) is 3.77. The zero-order valence-corrected chi connectivity index (χ0v) is 19.2. The number of nitrogens with zero attached hydrogens (tertiary/aromatic N) is 4. The lowest BCUT2D eigenvalue weighted by atomic mass is 10.1. The molecule has 0 aliphatic carbocycles. The zero-order chi connectivity index (χ0) is 22.9. The summed E-state index contributed by atoms with van der Waals surface area (Å²) in [5, 5.41) is 11.4. The second-order valence-corrected chi connectivity index (χ2v) is 10.4. The number of aromatic nitrogens is 3. The van der Waals surface area contributed by atoms with E-state index in [1.165, 1.54) is 6.26 Å². The lowest BCUT2D eigenvalue weighted by Crippen LogP contribution is -2.33. The van der Waals surface area contributed by atoms with Gasteiger partial charge in [0.05, 0.1) is 17.7 Å². The molecule has 9 nitrogen and oxygen atoms in total. The summed E-state index contributed by atoms with van der Waals surface area (Å²) < 4.78 is 30.9. The van der Waals surface area contributed by atoms with Crippen LogP contribution in [0.5, 0.6) is 0 Å². The fourth-order valence-corrected chi connectivity index (χ4v) is 4.52. The molecule has 1 aromatic carbocycles. The van der Waals surface area contributed by atoms with Gasteiger partial charge in [-0.1, -0.05) is 12.1 Å². The number of hydrogen-bond acceptors (Lipinski definition) is 7. The first kappa shape index (κ1) is 22.1. The van der Waals surface area contributed by atoms with E-state index in [9.17, 15) is 13.2 Å². The van der Waals surface area contributed by atoms with E-state index in [-0.39, 0.29) is 28.6 Å². The molecule has 0 spiro atoms. The molecule has 170 valence electrons. The van der Waals surface area contributed by atoms with Crippen LogP contribution in [-0.2, 0) is 16.4 Å². The molecule has 0 bridgehead atoms. The van der Waals surface area contributed by atoms with Gasteiger partial charge in [0.15, 0.2) is 9.84 Å². The maximum atomic E-state index is 12.8. The van der Waals surface area contributed by atoms with Crippen LogP contribution in [0.15, 0.2) is 52.0 Å². The van der Waals surface area contributed by atoms with E-state index < -0.39 is 9.84 Å². The minimum atomic E-state index is -3.28. The molecular formula is C22H27N5O4S.